The molecule has 2 rings (SSSR count). The van der Waals surface area contributed by atoms with Gasteiger partial charge in [0, 0.05) is 16.6 Å². The zero-order chi connectivity index (χ0) is 17.4. The Balaban J connectivity index is 2.05. The molecule has 0 aromatic heterocycles. The van der Waals surface area contributed by atoms with Gasteiger partial charge in [0.2, 0.25) is 0 Å². The molecule has 2 aromatic carbocycles. The lowest BCUT2D eigenvalue weighted by molar-refractivity contribution is 0.305. The van der Waals surface area contributed by atoms with Crippen LogP contribution in [0.2, 0.25) is 0 Å². The molecular weight excluding hydrogens is 393 g/mol. The lowest BCUT2D eigenvalue weighted by atomic mass is 10.2. The first-order valence-corrected chi connectivity index (χ1v) is 8.52. The number of hydrazone groups is 1. The maximum Gasteiger partial charge on any atom is 0.186 e. The van der Waals surface area contributed by atoms with Crippen molar-refractivity contribution in [2.45, 2.75) is 13.5 Å². The number of halogens is 2. The Morgan fingerprint density at radius 3 is 2.75 bits per heavy atom. The second kappa shape index (κ2) is 9.34. The van der Waals surface area contributed by atoms with Crippen LogP contribution in [0.1, 0.15) is 18.1 Å². The maximum absolute atomic E-state index is 12.9. The van der Waals surface area contributed by atoms with Crippen LogP contribution in [0.4, 0.5) is 4.39 Å². The summed E-state index contributed by atoms with van der Waals surface area (Å²) >= 11 is 8.47. The minimum atomic E-state index is -0.266. The molecule has 0 aliphatic carbocycles. The zero-order valence-corrected chi connectivity index (χ0v) is 15.5. The third-order valence-electron chi connectivity index (χ3n) is 2.99. The van der Waals surface area contributed by atoms with E-state index in [0.717, 1.165) is 22.1 Å². The van der Waals surface area contributed by atoms with Crippen LogP contribution in [-0.4, -0.2) is 17.9 Å². The molecule has 0 spiro atoms. The molecule has 0 aliphatic rings. The van der Waals surface area contributed by atoms with Crippen LogP contribution in [0, 0.1) is 5.82 Å². The van der Waals surface area contributed by atoms with Crippen molar-refractivity contribution in [3.63, 3.8) is 0 Å². The monoisotopic (exact) mass is 409 g/mol. The minimum Gasteiger partial charge on any atom is -0.488 e. The van der Waals surface area contributed by atoms with E-state index >= 15 is 0 Å². The molecule has 4 nitrogen and oxygen atoms in total. The van der Waals surface area contributed by atoms with Gasteiger partial charge in [0.05, 0.1) is 6.21 Å². The molecule has 0 aliphatic heterocycles. The maximum atomic E-state index is 12.9. The van der Waals surface area contributed by atoms with Crippen LogP contribution in [0.3, 0.4) is 0 Å². The summed E-state index contributed by atoms with van der Waals surface area (Å²) in [7, 11) is 0. The molecular formula is C17H17BrFN3OS. The molecule has 7 heteroatoms. The molecule has 0 fully saturated rings. The average molecular weight is 410 g/mol. The van der Waals surface area contributed by atoms with E-state index in [4.69, 9.17) is 17.0 Å². The van der Waals surface area contributed by atoms with Gasteiger partial charge in [-0.2, -0.15) is 5.10 Å². The number of nitrogens with zero attached hydrogens (tertiary/aromatic N) is 1. The van der Waals surface area contributed by atoms with Gasteiger partial charge >= 0.3 is 0 Å². The molecule has 0 saturated carbocycles. The predicted octanol–water partition coefficient (Wildman–Crippen LogP) is 3.99. The molecule has 0 saturated heterocycles. The highest BCUT2D eigenvalue weighted by atomic mass is 79.9. The van der Waals surface area contributed by atoms with Crippen molar-refractivity contribution in [3.05, 3.63) is 63.9 Å². The molecule has 24 heavy (non-hydrogen) atoms. The number of hydrogen-bond donors (Lipinski definition) is 2. The molecule has 2 N–H and O–H groups in total. The standard InChI is InChI=1S/C17H17BrFN3OS/c1-2-20-17(24)22-21-10-13-9-14(18)5-8-16(13)23-11-12-3-6-15(19)7-4-12/h3-10H,2,11H2,1H3,(H2,20,22,24)/b21-10-. The average Bonchev–Trinajstić information content (AvgIpc) is 2.56. The van der Waals surface area contributed by atoms with Crippen molar-refractivity contribution in [2.24, 2.45) is 5.10 Å². The molecule has 0 atom stereocenters. The number of thiocarbonyl (C=S) groups is 1. The summed E-state index contributed by atoms with van der Waals surface area (Å²) in [6, 6.07) is 11.8. The summed E-state index contributed by atoms with van der Waals surface area (Å²) in [5.41, 5.74) is 4.41. The molecule has 0 bridgehead atoms. The minimum absolute atomic E-state index is 0.266. The largest absolute Gasteiger partial charge is 0.488 e. The van der Waals surface area contributed by atoms with Gasteiger partial charge in [0.15, 0.2) is 5.11 Å². The first-order chi connectivity index (χ1) is 11.6. The Bertz CT molecular complexity index is 722. The fraction of sp³-hybridized carbons (Fsp3) is 0.176. The van der Waals surface area contributed by atoms with E-state index in [-0.39, 0.29) is 5.82 Å². The Kier molecular flexibility index (Phi) is 7.14. The fourth-order valence-electron chi connectivity index (χ4n) is 1.85. The van der Waals surface area contributed by atoms with Gasteiger partial charge in [-0.15, -0.1) is 0 Å². The van der Waals surface area contributed by atoms with E-state index in [2.05, 4.69) is 31.8 Å². The van der Waals surface area contributed by atoms with Crippen LogP contribution >= 0.6 is 28.1 Å². The van der Waals surface area contributed by atoms with Crippen LogP contribution in [-0.2, 0) is 6.61 Å². The van der Waals surface area contributed by atoms with E-state index in [1.165, 1.54) is 12.1 Å². The Hall–Kier alpha value is -1.99. The van der Waals surface area contributed by atoms with Crippen molar-refractivity contribution < 1.29 is 9.13 Å². The van der Waals surface area contributed by atoms with Gasteiger partial charge < -0.3 is 10.1 Å². The first-order valence-electron chi connectivity index (χ1n) is 7.32. The van der Waals surface area contributed by atoms with Crippen molar-refractivity contribution in [2.75, 3.05) is 6.54 Å². The van der Waals surface area contributed by atoms with Crippen LogP contribution in [0.5, 0.6) is 5.75 Å². The molecule has 0 heterocycles. The quantitative estimate of drug-likeness (QED) is 0.430. The van der Waals surface area contributed by atoms with Gasteiger partial charge in [-0.1, -0.05) is 28.1 Å². The number of rotatable bonds is 6. The molecule has 126 valence electrons. The summed E-state index contributed by atoms with van der Waals surface area (Å²) in [5.74, 6) is 0.403. The SMILES string of the molecule is CCNC(=S)N/N=C\c1cc(Br)ccc1OCc1ccc(F)cc1. The lowest BCUT2D eigenvalue weighted by Crippen LogP contribution is -2.31. The van der Waals surface area contributed by atoms with Gasteiger partial charge in [0.25, 0.3) is 0 Å². The van der Waals surface area contributed by atoms with Crippen molar-refractivity contribution in [1.29, 1.82) is 0 Å². The van der Waals surface area contributed by atoms with Crippen LogP contribution < -0.4 is 15.5 Å². The van der Waals surface area contributed by atoms with E-state index in [0.29, 0.717) is 17.5 Å². The molecule has 0 amide bonds. The number of hydrogen-bond acceptors (Lipinski definition) is 3. The van der Waals surface area contributed by atoms with E-state index in [9.17, 15) is 4.39 Å². The zero-order valence-electron chi connectivity index (χ0n) is 13.1. The second-order valence-corrected chi connectivity index (χ2v) is 6.15. The molecule has 0 radical (unpaired) electrons. The highest BCUT2D eigenvalue weighted by molar-refractivity contribution is 9.10. The summed E-state index contributed by atoms with van der Waals surface area (Å²) in [5, 5.41) is 7.50. The Morgan fingerprint density at radius 2 is 2.04 bits per heavy atom. The summed E-state index contributed by atoms with van der Waals surface area (Å²) in [6.45, 7) is 3.02. The third kappa shape index (κ3) is 5.90. The van der Waals surface area contributed by atoms with E-state index in [1.54, 1.807) is 18.3 Å². The molecule has 2 aromatic rings. The summed E-state index contributed by atoms with van der Waals surface area (Å²) in [6.07, 6.45) is 1.63. The van der Waals surface area contributed by atoms with Gasteiger partial charge in [-0.3, -0.25) is 5.43 Å². The predicted molar refractivity (Wildman–Crippen MR) is 102 cm³/mol. The number of benzene rings is 2. The van der Waals surface area contributed by atoms with Crippen molar-refractivity contribution in [3.8, 4) is 5.75 Å². The fourth-order valence-corrected chi connectivity index (χ4v) is 2.43. The van der Waals surface area contributed by atoms with Gasteiger partial charge in [0.1, 0.15) is 18.2 Å². The van der Waals surface area contributed by atoms with Gasteiger partial charge in [-0.25, -0.2) is 4.39 Å². The third-order valence-corrected chi connectivity index (χ3v) is 3.72. The smallest absolute Gasteiger partial charge is 0.186 e. The van der Waals surface area contributed by atoms with Gasteiger partial charge in [-0.05, 0) is 55.0 Å². The topological polar surface area (TPSA) is 45.7 Å². The van der Waals surface area contributed by atoms with Crippen molar-refractivity contribution >= 4 is 39.5 Å². The van der Waals surface area contributed by atoms with Crippen LogP contribution in [0.15, 0.2) is 52.0 Å². The molecule has 0 unspecified atom stereocenters. The van der Waals surface area contributed by atoms with E-state index in [1.807, 2.05) is 25.1 Å². The number of ether oxygens (including phenoxy) is 1. The number of nitrogens with one attached hydrogen (secondary N) is 2. The lowest BCUT2D eigenvalue weighted by Gasteiger charge is -2.10. The Morgan fingerprint density at radius 1 is 1.29 bits per heavy atom. The normalized spacial score (nSPS) is 10.6. The summed E-state index contributed by atoms with van der Waals surface area (Å²) < 4.78 is 19.7. The second-order valence-electron chi connectivity index (χ2n) is 4.83. The highest BCUT2D eigenvalue weighted by Gasteiger charge is 2.04. The van der Waals surface area contributed by atoms with Crippen LogP contribution in [0.25, 0.3) is 0 Å². The highest BCUT2D eigenvalue weighted by Crippen LogP contribution is 2.22. The first kappa shape index (κ1) is 18.4. The summed E-state index contributed by atoms with van der Waals surface area (Å²) in [4.78, 5) is 0. The van der Waals surface area contributed by atoms with Crippen molar-refractivity contribution in [1.82, 2.24) is 10.7 Å². The van der Waals surface area contributed by atoms with E-state index < -0.39 is 0 Å². The Labute approximate surface area is 154 Å².